The van der Waals surface area contributed by atoms with E-state index in [1.165, 1.54) is 0 Å². The summed E-state index contributed by atoms with van der Waals surface area (Å²) in [6.07, 6.45) is -2.08. The number of halogens is 4. The van der Waals surface area contributed by atoms with Crippen LogP contribution < -0.4 is 4.74 Å². The van der Waals surface area contributed by atoms with Crippen molar-refractivity contribution < 1.29 is 22.3 Å². The van der Waals surface area contributed by atoms with Crippen molar-refractivity contribution in [3.63, 3.8) is 0 Å². The second-order valence-electron chi connectivity index (χ2n) is 3.15. The van der Waals surface area contributed by atoms with E-state index in [0.29, 0.717) is 18.6 Å². The van der Waals surface area contributed by atoms with Crippen molar-refractivity contribution in [2.75, 3.05) is 6.61 Å². The van der Waals surface area contributed by atoms with Crippen molar-refractivity contribution in [1.82, 2.24) is 0 Å². The highest BCUT2D eigenvalue weighted by molar-refractivity contribution is 5.32. The molecule has 0 amide bonds. The number of hydrogen-bond acceptors (Lipinski definition) is 1. The molecule has 0 spiro atoms. The summed E-state index contributed by atoms with van der Waals surface area (Å²) >= 11 is 0. The Balaban J connectivity index is 2.83. The van der Waals surface area contributed by atoms with Crippen LogP contribution in [-0.2, 0) is 6.18 Å². The molecule has 0 aliphatic heterocycles. The minimum absolute atomic E-state index is 0.0920. The van der Waals surface area contributed by atoms with Crippen LogP contribution >= 0.6 is 0 Å². The summed E-state index contributed by atoms with van der Waals surface area (Å²) in [5.41, 5.74) is -0.916. The number of unbranched alkanes of at least 4 members (excludes halogenated alkanes) is 1. The lowest BCUT2D eigenvalue weighted by Gasteiger charge is -2.10. The van der Waals surface area contributed by atoms with Gasteiger partial charge in [0, 0.05) is 0 Å². The molecule has 1 aromatic carbocycles. The van der Waals surface area contributed by atoms with Gasteiger partial charge in [-0.1, -0.05) is 6.92 Å². The first kappa shape index (κ1) is 12.8. The summed E-state index contributed by atoms with van der Waals surface area (Å²) in [4.78, 5) is 0. The first-order valence-corrected chi connectivity index (χ1v) is 4.76. The predicted molar refractivity (Wildman–Crippen MR) is 51.5 cm³/mol. The van der Waals surface area contributed by atoms with Crippen molar-refractivity contribution in [3.8, 4) is 5.75 Å². The zero-order valence-corrected chi connectivity index (χ0v) is 8.64. The van der Waals surface area contributed by atoms with Crippen LogP contribution in [-0.4, -0.2) is 6.61 Å². The van der Waals surface area contributed by atoms with Gasteiger partial charge in [-0.05, 0) is 31.0 Å². The Labute approximate surface area is 91.0 Å². The van der Waals surface area contributed by atoms with Crippen LogP contribution in [0.3, 0.4) is 0 Å². The van der Waals surface area contributed by atoms with E-state index in [9.17, 15) is 17.6 Å². The molecule has 0 N–H and O–H groups in total. The second-order valence-corrected chi connectivity index (χ2v) is 3.15. The second kappa shape index (κ2) is 5.18. The summed E-state index contributed by atoms with van der Waals surface area (Å²) in [6.45, 7) is 1.95. The zero-order valence-electron chi connectivity index (χ0n) is 8.64. The average Bonchev–Trinajstić information content (AvgIpc) is 2.19. The average molecular weight is 235 g/mol. The van der Waals surface area contributed by atoms with E-state index in [-0.39, 0.29) is 12.4 Å². The van der Waals surface area contributed by atoms with Gasteiger partial charge in [-0.25, -0.2) is 4.39 Å². The summed E-state index contributed by atoms with van der Waals surface area (Å²) in [6, 6.07) is 2.11. The topological polar surface area (TPSA) is 9.23 Å². The molecule has 1 aromatic rings. The third kappa shape index (κ3) is 3.40. The molecule has 16 heavy (non-hydrogen) atoms. The molecule has 0 heterocycles. The molecular weight excluding hydrogens is 224 g/mol. The van der Waals surface area contributed by atoms with Crippen molar-refractivity contribution in [3.05, 3.63) is 36.0 Å². The fourth-order valence-electron chi connectivity index (χ4n) is 1.06. The Morgan fingerprint density at radius 3 is 2.56 bits per heavy atom. The van der Waals surface area contributed by atoms with E-state index in [2.05, 4.69) is 0 Å². The van der Waals surface area contributed by atoms with Crippen molar-refractivity contribution in [1.29, 1.82) is 0 Å². The van der Waals surface area contributed by atoms with Gasteiger partial charge < -0.3 is 4.74 Å². The lowest BCUT2D eigenvalue weighted by atomic mass is 10.2. The molecule has 1 radical (unpaired) electrons. The third-order valence-corrected chi connectivity index (χ3v) is 1.90. The molecule has 0 aromatic heterocycles. The highest BCUT2D eigenvalue weighted by atomic mass is 19.4. The van der Waals surface area contributed by atoms with Crippen LogP contribution in [0, 0.1) is 12.2 Å². The largest absolute Gasteiger partial charge is 0.490 e. The number of rotatable bonds is 4. The third-order valence-electron chi connectivity index (χ3n) is 1.90. The van der Waals surface area contributed by atoms with Gasteiger partial charge in [-0.15, -0.1) is 0 Å². The Hall–Kier alpha value is -1.26. The van der Waals surface area contributed by atoms with Crippen molar-refractivity contribution >= 4 is 0 Å². The van der Waals surface area contributed by atoms with E-state index < -0.39 is 17.6 Å². The first-order valence-electron chi connectivity index (χ1n) is 4.76. The quantitative estimate of drug-likeness (QED) is 0.569. The summed E-state index contributed by atoms with van der Waals surface area (Å²) in [5, 5.41) is 0. The lowest BCUT2D eigenvalue weighted by molar-refractivity contribution is -0.137. The van der Waals surface area contributed by atoms with Crippen LogP contribution in [0.1, 0.15) is 18.9 Å². The molecule has 0 atom stereocenters. The van der Waals surface area contributed by atoms with Gasteiger partial charge in [-0.3, -0.25) is 0 Å². The number of alkyl halides is 3. The number of ether oxygens (including phenoxy) is 1. The fourth-order valence-corrected chi connectivity index (χ4v) is 1.06. The molecule has 0 saturated carbocycles. The molecule has 0 aliphatic rings. The normalized spacial score (nSPS) is 11.6. The van der Waals surface area contributed by atoms with Gasteiger partial charge in [0.25, 0.3) is 0 Å². The van der Waals surface area contributed by atoms with E-state index in [4.69, 9.17) is 4.74 Å². The Kier molecular flexibility index (Phi) is 4.15. The van der Waals surface area contributed by atoms with Crippen molar-refractivity contribution in [2.45, 2.75) is 19.5 Å². The summed E-state index contributed by atoms with van der Waals surface area (Å²) < 4.78 is 54.9. The lowest BCUT2D eigenvalue weighted by Crippen LogP contribution is -2.07. The van der Waals surface area contributed by atoms with Gasteiger partial charge in [0.2, 0.25) is 0 Å². The van der Waals surface area contributed by atoms with Crippen LogP contribution in [0.5, 0.6) is 5.75 Å². The maximum atomic E-state index is 13.1. The van der Waals surface area contributed by atoms with Crippen LogP contribution in [0.25, 0.3) is 0 Å². The molecule has 89 valence electrons. The molecular formula is C11H11F4O. The Morgan fingerprint density at radius 1 is 1.31 bits per heavy atom. The van der Waals surface area contributed by atoms with E-state index >= 15 is 0 Å². The Bertz CT molecular complexity index is 346. The van der Waals surface area contributed by atoms with Gasteiger partial charge in [0.1, 0.15) is 0 Å². The molecule has 1 rings (SSSR count). The summed E-state index contributed by atoms with van der Waals surface area (Å²) in [5.74, 6) is -1.17. The molecule has 0 fully saturated rings. The standard InChI is InChI=1S/C11H11F4O/c1-2-3-6-16-10-7-8(11(13,14)15)4-5-9(10)12/h3-5,7H,2,6H2,1H3. The SMILES string of the molecule is CC[CH]COc1cc(C(F)(F)F)ccc1F. The van der Waals surface area contributed by atoms with Crippen molar-refractivity contribution in [2.24, 2.45) is 0 Å². The minimum atomic E-state index is -4.49. The van der Waals surface area contributed by atoms with Crippen LogP contribution in [0.15, 0.2) is 18.2 Å². The highest BCUT2D eigenvalue weighted by Gasteiger charge is 2.31. The van der Waals surface area contributed by atoms with Gasteiger partial charge in [0.15, 0.2) is 11.6 Å². The molecule has 0 bridgehead atoms. The van der Waals surface area contributed by atoms with Gasteiger partial charge in [-0.2, -0.15) is 13.2 Å². The van der Waals surface area contributed by atoms with Gasteiger partial charge in [0.05, 0.1) is 12.2 Å². The Morgan fingerprint density at radius 2 is 2.00 bits per heavy atom. The van der Waals surface area contributed by atoms with E-state index in [0.717, 1.165) is 6.07 Å². The monoisotopic (exact) mass is 235 g/mol. The van der Waals surface area contributed by atoms with Gasteiger partial charge >= 0.3 is 6.18 Å². The zero-order chi connectivity index (χ0) is 12.2. The van der Waals surface area contributed by atoms with E-state index in [1.54, 1.807) is 6.42 Å². The number of benzene rings is 1. The highest BCUT2D eigenvalue weighted by Crippen LogP contribution is 2.32. The molecule has 0 aliphatic carbocycles. The molecule has 5 heteroatoms. The maximum absolute atomic E-state index is 13.1. The molecule has 1 nitrogen and oxygen atoms in total. The first-order chi connectivity index (χ1) is 7.45. The predicted octanol–water partition coefficient (Wildman–Crippen LogP) is 3.84. The molecule has 0 saturated heterocycles. The van der Waals surface area contributed by atoms with Crippen LogP contribution in [0.2, 0.25) is 0 Å². The van der Waals surface area contributed by atoms with E-state index in [1.807, 2.05) is 6.92 Å². The van der Waals surface area contributed by atoms with Crippen LogP contribution in [0.4, 0.5) is 17.6 Å². The minimum Gasteiger partial charge on any atom is -0.490 e. The molecule has 0 unspecified atom stereocenters. The summed E-state index contributed by atoms with van der Waals surface area (Å²) in [7, 11) is 0. The maximum Gasteiger partial charge on any atom is 0.416 e. The smallest absolute Gasteiger partial charge is 0.416 e. The number of hydrogen-bond donors (Lipinski definition) is 0. The fraction of sp³-hybridized carbons (Fsp3) is 0.364.